The van der Waals surface area contributed by atoms with Gasteiger partial charge in [-0.1, -0.05) is 11.6 Å². The summed E-state index contributed by atoms with van der Waals surface area (Å²) in [5.74, 6) is 0. The summed E-state index contributed by atoms with van der Waals surface area (Å²) in [4.78, 5) is 15.2. The van der Waals surface area contributed by atoms with Gasteiger partial charge in [0.1, 0.15) is 0 Å². The molecule has 0 aliphatic carbocycles. The highest BCUT2D eigenvalue weighted by Crippen LogP contribution is 2.31. The number of halogens is 1. The topological polar surface area (TPSA) is 32.3 Å². The molecule has 3 rings (SSSR count). The summed E-state index contributed by atoms with van der Waals surface area (Å²) >= 11 is 9.14. The van der Waals surface area contributed by atoms with Crippen LogP contribution in [0.2, 0.25) is 4.34 Å². The number of amides is 2. The van der Waals surface area contributed by atoms with Gasteiger partial charge in [0.2, 0.25) is 0 Å². The molecule has 2 amide bonds. The van der Waals surface area contributed by atoms with Gasteiger partial charge in [0.05, 0.1) is 9.34 Å². The summed E-state index contributed by atoms with van der Waals surface area (Å²) in [6, 6.07) is 5.75. The Balaban J connectivity index is 1.70. The molecule has 1 aliphatic rings. The van der Waals surface area contributed by atoms with Gasteiger partial charge < -0.3 is 4.90 Å². The SMILES string of the molecule is O=C(Nc1cccs1)N1CCc2sc(Cl)cc2C1. The molecular formula is C12H11ClN2OS2. The Kier molecular flexibility index (Phi) is 3.28. The first-order valence-corrected chi connectivity index (χ1v) is 7.66. The van der Waals surface area contributed by atoms with Crippen molar-refractivity contribution in [3.63, 3.8) is 0 Å². The number of nitrogens with zero attached hydrogens (tertiary/aromatic N) is 1. The molecule has 3 heterocycles. The van der Waals surface area contributed by atoms with E-state index in [1.807, 2.05) is 28.5 Å². The van der Waals surface area contributed by atoms with E-state index < -0.39 is 0 Å². The van der Waals surface area contributed by atoms with Gasteiger partial charge in [-0.05, 0) is 35.6 Å². The van der Waals surface area contributed by atoms with Crippen molar-refractivity contribution in [1.29, 1.82) is 0 Å². The number of hydrogen-bond acceptors (Lipinski definition) is 3. The standard InChI is InChI=1S/C12H11ClN2OS2/c13-10-6-8-7-15(4-3-9(8)18-10)12(16)14-11-2-1-5-17-11/h1-2,5-6H,3-4,7H2,(H,14,16). The van der Waals surface area contributed by atoms with E-state index in [9.17, 15) is 4.79 Å². The molecule has 6 heteroatoms. The Labute approximate surface area is 118 Å². The number of rotatable bonds is 1. The normalized spacial score (nSPS) is 14.4. The second-order valence-corrected chi connectivity index (χ2v) is 6.79. The van der Waals surface area contributed by atoms with Crippen LogP contribution in [-0.4, -0.2) is 17.5 Å². The quantitative estimate of drug-likeness (QED) is 0.846. The number of thiophene rings is 2. The monoisotopic (exact) mass is 298 g/mol. The van der Waals surface area contributed by atoms with Crippen molar-refractivity contribution in [1.82, 2.24) is 4.90 Å². The molecule has 1 N–H and O–H groups in total. The molecule has 94 valence electrons. The number of anilines is 1. The minimum Gasteiger partial charge on any atom is -0.320 e. The number of nitrogens with one attached hydrogen (secondary N) is 1. The maximum absolute atomic E-state index is 12.1. The number of hydrogen-bond donors (Lipinski definition) is 1. The molecule has 1 aliphatic heterocycles. The van der Waals surface area contributed by atoms with Crippen LogP contribution in [0.1, 0.15) is 10.4 Å². The summed E-state index contributed by atoms with van der Waals surface area (Å²) < 4.78 is 0.806. The number of carbonyl (C=O) groups excluding carboxylic acids is 1. The van der Waals surface area contributed by atoms with E-state index >= 15 is 0 Å². The lowest BCUT2D eigenvalue weighted by Crippen LogP contribution is -2.38. The maximum Gasteiger partial charge on any atom is 0.322 e. The van der Waals surface area contributed by atoms with Gasteiger partial charge in [0.15, 0.2) is 0 Å². The zero-order valence-corrected chi connectivity index (χ0v) is 11.9. The lowest BCUT2D eigenvalue weighted by Gasteiger charge is -2.26. The van der Waals surface area contributed by atoms with Crippen molar-refractivity contribution in [2.45, 2.75) is 13.0 Å². The second kappa shape index (κ2) is 4.91. The molecular weight excluding hydrogens is 288 g/mol. The molecule has 0 unspecified atom stereocenters. The molecule has 0 aromatic carbocycles. The van der Waals surface area contributed by atoms with E-state index in [0.717, 1.165) is 22.3 Å². The van der Waals surface area contributed by atoms with E-state index in [-0.39, 0.29) is 6.03 Å². The lowest BCUT2D eigenvalue weighted by atomic mass is 10.1. The third-order valence-corrected chi connectivity index (χ3v) is 5.03. The molecule has 0 saturated heterocycles. The minimum atomic E-state index is -0.0366. The van der Waals surface area contributed by atoms with Crippen LogP contribution in [0, 0.1) is 0 Å². The fourth-order valence-electron chi connectivity index (χ4n) is 2.00. The van der Waals surface area contributed by atoms with Crippen LogP contribution in [0.25, 0.3) is 0 Å². The van der Waals surface area contributed by atoms with E-state index in [1.54, 1.807) is 11.3 Å². The third kappa shape index (κ3) is 2.39. The van der Waals surface area contributed by atoms with Gasteiger partial charge in [-0.2, -0.15) is 0 Å². The lowest BCUT2D eigenvalue weighted by molar-refractivity contribution is 0.207. The molecule has 0 spiro atoms. The largest absolute Gasteiger partial charge is 0.322 e. The minimum absolute atomic E-state index is 0.0366. The summed E-state index contributed by atoms with van der Waals surface area (Å²) in [7, 11) is 0. The summed E-state index contributed by atoms with van der Waals surface area (Å²) in [5.41, 5.74) is 1.18. The highest BCUT2D eigenvalue weighted by molar-refractivity contribution is 7.16. The molecule has 2 aromatic heterocycles. The Morgan fingerprint density at radius 1 is 1.50 bits per heavy atom. The predicted molar refractivity (Wildman–Crippen MR) is 76.8 cm³/mol. The van der Waals surface area contributed by atoms with Gasteiger partial charge >= 0.3 is 6.03 Å². The number of carbonyl (C=O) groups is 1. The molecule has 2 aromatic rings. The molecule has 0 fully saturated rings. The van der Waals surface area contributed by atoms with Crippen molar-refractivity contribution < 1.29 is 4.79 Å². The van der Waals surface area contributed by atoms with Gasteiger partial charge in [0, 0.05) is 18.0 Å². The molecule has 0 radical (unpaired) electrons. The third-order valence-electron chi connectivity index (χ3n) is 2.88. The number of urea groups is 1. The van der Waals surface area contributed by atoms with Gasteiger partial charge in [-0.15, -0.1) is 22.7 Å². The first kappa shape index (κ1) is 12.0. The van der Waals surface area contributed by atoms with E-state index in [1.165, 1.54) is 21.8 Å². The maximum atomic E-state index is 12.1. The zero-order chi connectivity index (χ0) is 12.5. The van der Waals surface area contributed by atoms with Gasteiger partial charge in [-0.25, -0.2) is 4.79 Å². The number of fused-ring (bicyclic) bond motifs is 1. The molecule has 0 bridgehead atoms. The van der Waals surface area contributed by atoms with Crippen molar-refractivity contribution in [2.75, 3.05) is 11.9 Å². The molecule has 18 heavy (non-hydrogen) atoms. The van der Waals surface area contributed by atoms with E-state index in [4.69, 9.17) is 11.6 Å². The van der Waals surface area contributed by atoms with Crippen LogP contribution in [0.4, 0.5) is 9.80 Å². The Hall–Kier alpha value is -1.04. The fourth-order valence-corrected chi connectivity index (χ4v) is 3.91. The van der Waals surface area contributed by atoms with Gasteiger partial charge in [-0.3, -0.25) is 5.32 Å². The van der Waals surface area contributed by atoms with Crippen LogP contribution >= 0.6 is 34.3 Å². The Bertz CT molecular complexity index is 565. The van der Waals surface area contributed by atoms with Crippen LogP contribution in [0.3, 0.4) is 0 Å². The van der Waals surface area contributed by atoms with Crippen molar-refractivity contribution in [3.05, 3.63) is 38.4 Å². The van der Waals surface area contributed by atoms with Crippen LogP contribution in [0.15, 0.2) is 23.6 Å². The highest BCUT2D eigenvalue weighted by atomic mass is 35.5. The van der Waals surface area contributed by atoms with Crippen molar-refractivity contribution in [3.8, 4) is 0 Å². The van der Waals surface area contributed by atoms with E-state index in [2.05, 4.69) is 5.32 Å². The highest BCUT2D eigenvalue weighted by Gasteiger charge is 2.22. The first-order chi connectivity index (χ1) is 8.72. The van der Waals surface area contributed by atoms with Crippen molar-refractivity contribution >= 4 is 45.3 Å². The van der Waals surface area contributed by atoms with Crippen LogP contribution in [0.5, 0.6) is 0 Å². The Morgan fingerprint density at radius 2 is 2.39 bits per heavy atom. The summed E-state index contributed by atoms with van der Waals surface area (Å²) in [6.07, 6.45) is 0.893. The van der Waals surface area contributed by atoms with Crippen molar-refractivity contribution in [2.24, 2.45) is 0 Å². The second-order valence-electron chi connectivity index (χ2n) is 4.08. The fraction of sp³-hybridized carbons (Fsp3) is 0.250. The predicted octanol–water partition coefficient (Wildman–Crippen LogP) is 4.05. The average Bonchev–Trinajstić information content (AvgIpc) is 2.95. The van der Waals surface area contributed by atoms with Gasteiger partial charge in [0.25, 0.3) is 0 Å². The first-order valence-electron chi connectivity index (χ1n) is 5.59. The van der Waals surface area contributed by atoms with Crippen LogP contribution < -0.4 is 5.32 Å². The average molecular weight is 299 g/mol. The summed E-state index contributed by atoms with van der Waals surface area (Å²) in [5, 5.41) is 5.74. The van der Waals surface area contributed by atoms with Crippen LogP contribution in [-0.2, 0) is 13.0 Å². The summed E-state index contributed by atoms with van der Waals surface area (Å²) in [6.45, 7) is 1.40. The zero-order valence-electron chi connectivity index (χ0n) is 9.48. The Morgan fingerprint density at radius 3 is 3.17 bits per heavy atom. The molecule has 3 nitrogen and oxygen atoms in total. The molecule has 0 atom stereocenters. The van der Waals surface area contributed by atoms with E-state index in [0.29, 0.717) is 6.54 Å². The smallest absolute Gasteiger partial charge is 0.320 e. The molecule has 0 saturated carbocycles.